The van der Waals surface area contributed by atoms with Crippen molar-refractivity contribution in [3.63, 3.8) is 0 Å². The zero-order valence-electron chi connectivity index (χ0n) is 11.5. The van der Waals surface area contributed by atoms with Crippen molar-refractivity contribution in [2.24, 2.45) is 0 Å². The molecule has 0 saturated carbocycles. The summed E-state index contributed by atoms with van der Waals surface area (Å²) >= 11 is 6.02. The van der Waals surface area contributed by atoms with E-state index in [1.54, 1.807) is 6.07 Å². The zero-order valence-corrected chi connectivity index (χ0v) is 12.3. The fourth-order valence-electron chi connectivity index (χ4n) is 2.23. The van der Waals surface area contributed by atoms with Gasteiger partial charge in [0.1, 0.15) is 5.82 Å². The molecule has 2 aromatic carbocycles. The summed E-state index contributed by atoms with van der Waals surface area (Å²) in [5.74, 6) is 1.21. The lowest BCUT2D eigenvalue weighted by molar-refractivity contribution is 0.174. The predicted molar refractivity (Wildman–Crippen MR) is 79.2 cm³/mol. The minimum atomic E-state index is -0.326. The Kier molecular flexibility index (Phi) is 3.99. The second kappa shape index (κ2) is 5.92. The molecule has 0 fully saturated rings. The molecule has 2 aromatic rings. The van der Waals surface area contributed by atoms with Gasteiger partial charge in [-0.3, -0.25) is 0 Å². The van der Waals surface area contributed by atoms with E-state index in [1.165, 1.54) is 12.1 Å². The lowest BCUT2D eigenvalue weighted by atomic mass is 10.1. The van der Waals surface area contributed by atoms with Gasteiger partial charge in [0.05, 0.1) is 0 Å². The maximum atomic E-state index is 13.0. The summed E-state index contributed by atoms with van der Waals surface area (Å²) in [6, 6.07) is 10.4. The maximum Gasteiger partial charge on any atom is 0.231 e. The molecule has 0 radical (unpaired) electrons. The van der Waals surface area contributed by atoms with Crippen molar-refractivity contribution in [1.82, 2.24) is 5.32 Å². The van der Waals surface area contributed by atoms with Crippen LogP contribution in [0.2, 0.25) is 5.02 Å². The summed E-state index contributed by atoms with van der Waals surface area (Å²) in [4.78, 5) is 0. The summed E-state index contributed by atoms with van der Waals surface area (Å²) in [6.07, 6.45) is 0. The summed E-state index contributed by atoms with van der Waals surface area (Å²) in [5, 5.41) is 3.79. The largest absolute Gasteiger partial charge is 0.454 e. The predicted octanol–water partition coefficient (Wildman–Crippen LogP) is 4.06. The molecule has 1 N–H and O–H groups in total. The van der Waals surface area contributed by atoms with Gasteiger partial charge >= 0.3 is 0 Å². The van der Waals surface area contributed by atoms with Crippen LogP contribution in [0.4, 0.5) is 4.39 Å². The van der Waals surface area contributed by atoms with Gasteiger partial charge in [-0.15, -0.1) is 0 Å². The van der Waals surface area contributed by atoms with Crippen molar-refractivity contribution >= 4 is 11.6 Å². The van der Waals surface area contributed by atoms with Gasteiger partial charge in [-0.25, -0.2) is 4.39 Å². The minimum absolute atomic E-state index is 0.112. The number of rotatable bonds is 4. The van der Waals surface area contributed by atoms with Gasteiger partial charge in [-0.1, -0.05) is 23.7 Å². The fourth-order valence-corrected chi connectivity index (χ4v) is 2.46. The highest BCUT2D eigenvalue weighted by Gasteiger charge is 2.15. The molecule has 3 rings (SSSR count). The van der Waals surface area contributed by atoms with Crippen LogP contribution in [-0.2, 0) is 6.54 Å². The van der Waals surface area contributed by atoms with Crippen LogP contribution in [-0.4, -0.2) is 6.79 Å². The molecular formula is C16H15ClFNO2. The van der Waals surface area contributed by atoms with E-state index < -0.39 is 0 Å². The standard InChI is InChI=1S/C16H15ClFNO2/c1-10(11-3-5-15-16(6-11)21-9-20-15)19-8-12-2-4-13(18)7-14(12)17/h2-7,10,19H,8-9H2,1H3. The summed E-state index contributed by atoms with van der Waals surface area (Å²) in [6.45, 7) is 2.88. The Labute approximate surface area is 127 Å². The van der Waals surface area contributed by atoms with Crippen LogP contribution in [0.15, 0.2) is 36.4 Å². The van der Waals surface area contributed by atoms with Crippen LogP contribution in [0.5, 0.6) is 11.5 Å². The van der Waals surface area contributed by atoms with Crippen molar-refractivity contribution in [3.05, 3.63) is 58.4 Å². The van der Waals surface area contributed by atoms with Crippen LogP contribution in [0.1, 0.15) is 24.1 Å². The number of nitrogens with one attached hydrogen (secondary N) is 1. The lowest BCUT2D eigenvalue weighted by Crippen LogP contribution is -2.18. The van der Waals surface area contributed by atoms with Crippen LogP contribution >= 0.6 is 11.6 Å². The number of hydrogen-bond donors (Lipinski definition) is 1. The Morgan fingerprint density at radius 3 is 2.81 bits per heavy atom. The molecule has 21 heavy (non-hydrogen) atoms. The first-order chi connectivity index (χ1) is 10.1. The van der Waals surface area contributed by atoms with Gasteiger partial charge < -0.3 is 14.8 Å². The van der Waals surface area contributed by atoms with Gasteiger partial charge in [-0.2, -0.15) is 0 Å². The second-order valence-electron chi connectivity index (χ2n) is 4.95. The molecule has 1 unspecified atom stereocenters. The van der Waals surface area contributed by atoms with Crippen LogP contribution in [0.3, 0.4) is 0 Å². The molecule has 0 amide bonds. The quantitative estimate of drug-likeness (QED) is 0.924. The maximum absolute atomic E-state index is 13.0. The smallest absolute Gasteiger partial charge is 0.231 e. The third-order valence-electron chi connectivity index (χ3n) is 3.51. The highest BCUT2D eigenvalue weighted by molar-refractivity contribution is 6.31. The molecular weight excluding hydrogens is 293 g/mol. The molecule has 1 heterocycles. The van der Waals surface area contributed by atoms with Crippen molar-refractivity contribution in [1.29, 1.82) is 0 Å². The number of hydrogen-bond acceptors (Lipinski definition) is 3. The van der Waals surface area contributed by atoms with E-state index in [2.05, 4.69) is 12.2 Å². The number of benzene rings is 2. The summed E-state index contributed by atoms with van der Waals surface area (Å²) < 4.78 is 23.7. The molecule has 0 bridgehead atoms. The third kappa shape index (κ3) is 3.12. The monoisotopic (exact) mass is 307 g/mol. The van der Waals surface area contributed by atoms with E-state index in [4.69, 9.17) is 21.1 Å². The van der Waals surface area contributed by atoms with Crippen molar-refractivity contribution in [2.75, 3.05) is 6.79 Å². The van der Waals surface area contributed by atoms with E-state index >= 15 is 0 Å². The Morgan fingerprint density at radius 1 is 1.19 bits per heavy atom. The first-order valence-corrected chi connectivity index (χ1v) is 7.08. The van der Waals surface area contributed by atoms with Gasteiger partial charge in [0, 0.05) is 17.6 Å². The first kappa shape index (κ1) is 14.2. The third-order valence-corrected chi connectivity index (χ3v) is 3.86. The molecule has 1 atom stereocenters. The highest BCUT2D eigenvalue weighted by Crippen LogP contribution is 2.34. The molecule has 0 aliphatic carbocycles. The Morgan fingerprint density at radius 2 is 2.00 bits per heavy atom. The normalized spacial score (nSPS) is 14.2. The zero-order chi connectivity index (χ0) is 14.8. The van der Waals surface area contributed by atoms with E-state index in [1.807, 2.05) is 18.2 Å². The Bertz CT molecular complexity index is 663. The number of ether oxygens (including phenoxy) is 2. The highest BCUT2D eigenvalue weighted by atomic mass is 35.5. The average molecular weight is 308 g/mol. The number of fused-ring (bicyclic) bond motifs is 1. The van der Waals surface area contributed by atoms with Gasteiger partial charge in [0.2, 0.25) is 6.79 Å². The van der Waals surface area contributed by atoms with Crippen LogP contribution in [0, 0.1) is 5.82 Å². The molecule has 110 valence electrons. The molecule has 5 heteroatoms. The van der Waals surface area contributed by atoms with Crippen LogP contribution < -0.4 is 14.8 Å². The molecule has 3 nitrogen and oxygen atoms in total. The SMILES string of the molecule is CC(NCc1ccc(F)cc1Cl)c1ccc2c(c1)OCO2. The fraction of sp³-hybridized carbons (Fsp3) is 0.250. The topological polar surface area (TPSA) is 30.5 Å². The number of halogens is 2. The minimum Gasteiger partial charge on any atom is -0.454 e. The average Bonchev–Trinajstić information content (AvgIpc) is 2.93. The van der Waals surface area contributed by atoms with E-state index in [0.717, 1.165) is 22.6 Å². The molecule has 0 saturated heterocycles. The second-order valence-corrected chi connectivity index (χ2v) is 5.36. The van der Waals surface area contributed by atoms with Gasteiger partial charge in [0.15, 0.2) is 11.5 Å². The summed E-state index contributed by atoms with van der Waals surface area (Å²) in [5.41, 5.74) is 1.96. The Hall–Kier alpha value is -1.78. The van der Waals surface area contributed by atoms with Gasteiger partial charge in [-0.05, 0) is 42.3 Å². The van der Waals surface area contributed by atoms with E-state index in [9.17, 15) is 4.39 Å². The molecule has 0 aromatic heterocycles. The molecule has 1 aliphatic heterocycles. The summed E-state index contributed by atoms with van der Waals surface area (Å²) in [7, 11) is 0. The van der Waals surface area contributed by atoms with Crippen molar-refractivity contribution < 1.29 is 13.9 Å². The first-order valence-electron chi connectivity index (χ1n) is 6.70. The molecule has 1 aliphatic rings. The van der Waals surface area contributed by atoms with Crippen molar-refractivity contribution in [3.8, 4) is 11.5 Å². The lowest BCUT2D eigenvalue weighted by Gasteiger charge is -2.15. The van der Waals surface area contributed by atoms with Crippen molar-refractivity contribution in [2.45, 2.75) is 19.5 Å². The van der Waals surface area contributed by atoms with Gasteiger partial charge in [0.25, 0.3) is 0 Å². The van der Waals surface area contributed by atoms with E-state index in [0.29, 0.717) is 11.6 Å². The molecule has 0 spiro atoms. The van der Waals surface area contributed by atoms with Crippen LogP contribution in [0.25, 0.3) is 0 Å². The Balaban J connectivity index is 1.67. The van der Waals surface area contributed by atoms with E-state index in [-0.39, 0.29) is 18.7 Å².